The van der Waals surface area contributed by atoms with Gasteiger partial charge in [0.1, 0.15) is 0 Å². The number of carbonyl (C=O) groups excluding carboxylic acids is 1. The van der Waals surface area contributed by atoms with Crippen molar-refractivity contribution in [2.24, 2.45) is 0 Å². The first kappa shape index (κ1) is 11.4. The average Bonchev–Trinajstić information content (AvgIpc) is 2.45. The second-order valence-electron chi connectivity index (χ2n) is 3.27. The Hall–Kier alpha value is -0.660. The third-order valence-electron chi connectivity index (χ3n) is 2.42. The molecule has 0 aromatic heterocycles. The zero-order chi connectivity index (χ0) is 11.0. The van der Waals surface area contributed by atoms with Gasteiger partial charge in [-0.15, -0.1) is 0 Å². The molecule has 1 rings (SSSR count). The second kappa shape index (κ2) is 3.48. The first-order valence-corrected chi connectivity index (χ1v) is 6.00. The van der Waals surface area contributed by atoms with E-state index in [0.717, 1.165) is 13.4 Å². The summed E-state index contributed by atoms with van der Waals surface area (Å²) >= 11 is 0. The Morgan fingerprint density at radius 2 is 2.14 bits per heavy atom. The second-order valence-corrected chi connectivity index (χ2v) is 5.49. The van der Waals surface area contributed by atoms with Crippen LogP contribution in [-0.4, -0.2) is 49.4 Å². The highest BCUT2D eigenvalue weighted by Crippen LogP contribution is 2.33. The topological polar surface area (TPSA) is 83.9 Å². The molecule has 7 heteroatoms. The summed E-state index contributed by atoms with van der Waals surface area (Å²) < 4.78 is 27.3. The summed E-state index contributed by atoms with van der Waals surface area (Å²) in [5, 5.41) is 9.98. The van der Waals surface area contributed by atoms with E-state index in [1.807, 2.05) is 0 Å². The van der Waals surface area contributed by atoms with E-state index in [0.29, 0.717) is 11.5 Å². The lowest BCUT2D eigenvalue weighted by Crippen LogP contribution is -2.55. The quantitative estimate of drug-likeness (QED) is 0.628. The monoisotopic (exact) mass is 223 g/mol. The summed E-state index contributed by atoms with van der Waals surface area (Å²) in [5.74, 6) is -0.931. The molecule has 14 heavy (non-hydrogen) atoms. The summed E-state index contributed by atoms with van der Waals surface area (Å²) in [4.78, 5) is 9.49. The Morgan fingerprint density at radius 1 is 1.57 bits per heavy atom. The highest BCUT2D eigenvalue weighted by Gasteiger charge is 2.57. The molecule has 1 aliphatic rings. The van der Waals surface area contributed by atoms with E-state index in [1.54, 1.807) is 0 Å². The number of rotatable bonds is 2. The molecule has 0 aromatic carbocycles. The van der Waals surface area contributed by atoms with Gasteiger partial charge in [-0.05, 0) is 12.8 Å². The summed E-state index contributed by atoms with van der Waals surface area (Å²) in [6, 6.07) is 0. The minimum absolute atomic E-state index is 0.0645. The number of carbonyl (C=O) groups is 1. The standard InChI is InChI=1S/C7H13NO5S/c1-13-6(9)7(14(2,11)12)4-3-5-8(7)10/h10H,3-5H2,1-2H3/t7-/m1/s1. The zero-order valence-electron chi connectivity index (χ0n) is 8.06. The predicted molar refractivity (Wildman–Crippen MR) is 47.3 cm³/mol. The zero-order valence-corrected chi connectivity index (χ0v) is 8.87. The number of sulfone groups is 1. The van der Waals surface area contributed by atoms with Crippen molar-refractivity contribution < 1.29 is 23.2 Å². The van der Waals surface area contributed by atoms with Crippen LogP contribution in [0.4, 0.5) is 0 Å². The number of methoxy groups -OCH3 is 1. The lowest BCUT2D eigenvalue weighted by atomic mass is 10.2. The Balaban J connectivity index is 3.23. The molecule has 0 saturated carbocycles. The van der Waals surface area contributed by atoms with Gasteiger partial charge >= 0.3 is 5.97 Å². The maximum atomic E-state index is 11.5. The first-order chi connectivity index (χ1) is 6.36. The molecule has 1 heterocycles. The van der Waals surface area contributed by atoms with Crippen molar-refractivity contribution >= 4 is 15.8 Å². The Bertz CT molecular complexity index is 338. The van der Waals surface area contributed by atoms with E-state index in [4.69, 9.17) is 0 Å². The molecule has 0 amide bonds. The number of esters is 1. The van der Waals surface area contributed by atoms with Gasteiger partial charge in [0.15, 0.2) is 9.84 Å². The van der Waals surface area contributed by atoms with E-state index < -0.39 is 20.7 Å². The number of hydrogen-bond acceptors (Lipinski definition) is 6. The fourth-order valence-electron chi connectivity index (χ4n) is 1.67. The molecule has 82 valence electrons. The largest absolute Gasteiger partial charge is 0.467 e. The molecule has 0 aliphatic carbocycles. The molecule has 0 unspecified atom stereocenters. The van der Waals surface area contributed by atoms with Gasteiger partial charge in [-0.2, -0.15) is 5.06 Å². The summed E-state index contributed by atoms with van der Waals surface area (Å²) in [5.41, 5.74) is 0. The van der Waals surface area contributed by atoms with E-state index in [1.165, 1.54) is 0 Å². The number of hydrogen-bond donors (Lipinski definition) is 1. The van der Waals surface area contributed by atoms with Crippen LogP contribution in [0.3, 0.4) is 0 Å². The molecule has 0 radical (unpaired) electrons. The Kier molecular flexibility index (Phi) is 2.84. The van der Waals surface area contributed by atoms with Crippen molar-refractivity contribution in [1.29, 1.82) is 0 Å². The van der Waals surface area contributed by atoms with Crippen LogP contribution in [-0.2, 0) is 19.4 Å². The summed E-state index contributed by atoms with van der Waals surface area (Å²) in [6.45, 7) is 0.155. The van der Waals surface area contributed by atoms with Crippen molar-refractivity contribution in [1.82, 2.24) is 5.06 Å². The third kappa shape index (κ3) is 1.41. The molecule has 1 saturated heterocycles. The number of hydroxylamine groups is 2. The van der Waals surface area contributed by atoms with Gasteiger partial charge in [0, 0.05) is 12.8 Å². The first-order valence-electron chi connectivity index (χ1n) is 4.11. The lowest BCUT2D eigenvalue weighted by Gasteiger charge is -2.28. The lowest BCUT2D eigenvalue weighted by molar-refractivity contribution is -0.171. The van der Waals surface area contributed by atoms with Gasteiger partial charge in [-0.1, -0.05) is 0 Å². The molecule has 1 atom stereocenters. The number of ether oxygens (including phenoxy) is 1. The Labute approximate surface area is 82.3 Å². The van der Waals surface area contributed by atoms with Crippen LogP contribution in [0.5, 0.6) is 0 Å². The van der Waals surface area contributed by atoms with Gasteiger partial charge in [-0.25, -0.2) is 13.2 Å². The smallest absolute Gasteiger partial charge is 0.344 e. The van der Waals surface area contributed by atoms with E-state index in [9.17, 15) is 18.4 Å². The van der Waals surface area contributed by atoms with Crippen molar-refractivity contribution in [3.05, 3.63) is 0 Å². The van der Waals surface area contributed by atoms with Crippen molar-refractivity contribution in [3.8, 4) is 0 Å². The van der Waals surface area contributed by atoms with Crippen molar-refractivity contribution in [2.75, 3.05) is 19.9 Å². The van der Waals surface area contributed by atoms with Gasteiger partial charge in [0.25, 0.3) is 0 Å². The van der Waals surface area contributed by atoms with Crippen LogP contribution < -0.4 is 0 Å². The van der Waals surface area contributed by atoms with E-state index in [-0.39, 0.29) is 13.0 Å². The molecular formula is C7H13NO5S. The average molecular weight is 223 g/mol. The van der Waals surface area contributed by atoms with Crippen molar-refractivity contribution in [3.63, 3.8) is 0 Å². The van der Waals surface area contributed by atoms with Crippen LogP contribution in [0.1, 0.15) is 12.8 Å². The van der Waals surface area contributed by atoms with Crippen molar-refractivity contribution in [2.45, 2.75) is 17.7 Å². The normalized spacial score (nSPS) is 29.1. The Morgan fingerprint density at radius 3 is 2.43 bits per heavy atom. The van der Waals surface area contributed by atoms with Gasteiger partial charge in [-0.3, -0.25) is 0 Å². The molecular weight excluding hydrogens is 210 g/mol. The minimum atomic E-state index is -3.72. The molecule has 6 nitrogen and oxygen atoms in total. The van der Waals surface area contributed by atoms with E-state index >= 15 is 0 Å². The van der Waals surface area contributed by atoms with E-state index in [2.05, 4.69) is 4.74 Å². The maximum absolute atomic E-state index is 11.5. The summed E-state index contributed by atoms with van der Waals surface area (Å²) in [6.07, 6.45) is 1.42. The fourth-order valence-corrected chi connectivity index (χ4v) is 3.05. The van der Waals surface area contributed by atoms with Crippen LogP contribution in [0.2, 0.25) is 0 Å². The molecule has 0 bridgehead atoms. The van der Waals surface area contributed by atoms with Crippen LogP contribution in [0, 0.1) is 0 Å². The number of nitrogens with zero attached hydrogens (tertiary/aromatic N) is 1. The fraction of sp³-hybridized carbons (Fsp3) is 0.857. The maximum Gasteiger partial charge on any atom is 0.344 e. The highest BCUT2D eigenvalue weighted by atomic mass is 32.2. The van der Waals surface area contributed by atoms with Crippen LogP contribution in [0.25, 0.3) is 0 Å². The predicted octanol–water partition coefficient (Wildman–Crippen LogP) is -0.615. The molecule has 0 aromatic rings. The summed E-state index contributed by atoms with van der Waals surface area (Å²) in [7, 11) is -2.62. The van der Waals surface area contributed by atoms with Gasteiger partial charge in [0.05, 0.1) is 7.11 Å². The molecule has 1 fully saturated rings. The van der Waals surface area contributed by atoms with Crippen LogP contribution >= 0.6 is 0 Å². The minimum Gasteiger partial charge on any atom is -0.467 e. The third-order valence-corrected chi connectivity index (χ3v) is 4.23. The highest BCUT2D eigenvalue weighted by molar-refractivity contribution is 7.92. The molecule has 0 spiro atoms. The van der Waals surface area contributed by atoms with Crippen LogP contribution in [0.15, 0.2) is 0 Å². The van der Waals surface area contributed by atoms with Gasteiger partial charge < -0.3 is 9.94 Å². The van der Waals surface area contributed by atoms with Gasteiger partial charge in [0.2, 0.25) is 4.87 Å². The molecule has 1 aliphatic heterocycles. The SMILES string of the molecule is COC(=O)[C@]1(S(C)(=O)=O)CCCN1O. The molecule has 1 N–H and O–H groups in total.